The lowest BCUT2D eigenvalue weighted by Gasteiger charge is -2.22. The molecule has 3 rings (SSSR count). The highest BCUT2D eigenvalue weighted by atomic mass is 35.5. The molecule has 6 nitrogen and oxygen atoms in total. The molecular weight excluding hydrogens is 332 g/mol. The van der Waals surface area contributed by atoms with Gasteiger partial charge < -0.3 is 0 Å². The number of rotatable bonds is 4. The van der Waals surface area contributed by atoms with Gasteiger partial charge >= 0.3 is 0 Å². The summed E-state index contributed by atoms with van der Waals surface area (Å²) in [4.78, 5) is 8.53. The molecule has 0 atom stereocenters. The van der Waals surface area contributed by atoms with Gasteiger partial charge in [-0.2, -0.15) is 8.42 Å². The van der Waals surface area contributed by atoms with Crippen molar-refractivity contribution in [1.29, 1.82) is 0 Å². The topological polar surface area (TPSA) is 67.6 Å². The Bertz CT molecular complexity index is 873. The minimum atomic E-state index is -3.81. The van der Waals surface area contributed by atoms with Crippen LogP contribution in [0.4, 0.5) is 5.69 Å². The Balaban J connectivity index is 2.19. The van der Waals surface area contributed by atoms with Crippen LogP contribution in [0.5, 0.6) is 0 Å². The van der Waals surface area contributed by atoms with Gasteiger partial charge in [-0.15, -0.1) is 11.3 Å². The van der Waals surface area contributed by atoms with Crippen LogP contribution in [0.25, 0.3) is 4.96 Å². The third-order valence-electron chi connectivity index (χ3n) is 2.95. The molecule has 0 aliphatic carbocycles. The zero-order valence-corrected chi connectivity index (χ0v) is 13.4. The Kier molecular flexibility index (Phi) is 3.60. The summed E-state index contributed by atoms with van der Waals surface area (Å²) in [7, 11) is -3.81. The van der Waals surface area contributed by atoms with E-state index in [9.17, 15) is 8.42 Å². The van der Waals surface area contributed by atoms with E-state index in [-0.39, 0.29) is 16.7 Å². The molecule has 3 aromatic rings. The number of hydrogen-bond donors (Lipinski definition) is 0. The number of imidazole rings is 1. The van der Waals surface area contributed by atoms with Gasteiger partial charge in [-0.05, 0) is 19.1 Å². The predicted molar refractivity (Wildman–Crippen MR) is 82.5 cm³/mol. The van der Waals surface area contributed by atoms with Crippen molar-refractivity contribution in [2.45, 2.75) is 11.9 Å². The highest BCUT2D eigenvalue weighted by Gasteiger charge is 2.31. The molecule has 0 aromatic carbocycles. The van der Waals surface area contributed by atoms with Crippen molar-refractivity contribution in [2.24, 2.45) is 0 Å². The molecule has 0 N–H and O–H groups in total. The highest BCUT2D eigenvalue weighted by molar-refractivity contribution is 7.92. The molecule has 0 fully saturated rings. The maximum atomic E-state index is 12.9. The Morgan fingerprint density at radius 3 is 2.76 bits per heavy atom. The lowest BCUT2D eigenvalue weighted by atomic mass is 10.4. The molecule has 0 bridgehead atoms. The molecule has 3 aromatic heterocycles. The summed E-state index contributed by atoms with van der Waals surface area (Å²) in [5.41, 5.74) is 0.536. The van der Waals surface area contributed by atoms with Crippen molar-refractivity contribution in [2.75, 3.05) is 10.8 Å². The molecule has 0 aliphatic heterocycles. The van der Waals surface area contributed by atoms with Gasteiger partial charge in [0.25, 0.3) is 10.0 Å². The largest absolute Gasteiger partial charge is 0.283 e. The predicted octanol–water partition coefficient (Wildman–Crippen LogP) is 2.66. The third kappa shape index (κ3) is 2.29. The minimum Gasteiger partial charge on any atom is -0.278 e. The molecule has 3 heterocycles. The molecule has 0 saturated carbocycles. The molecular formula is C12H11ClN4O2S2. The van der Waals surface area contributed by atoms with Crippen LogP contribution < -0.4 is 4.31 Å². The second-order valence-corrected chi connectivity index (χ2v) is 7.15. The average Bonchev–Trinajstić information content (AvgIpc) is 2.99. The van der Waals surface area contributed by atoms with Crippen LogP contribution in [-0.4, -0.2) is 29.3 Å². The lowest BCUT2D eigenvalue weighted by Crippen LogP contribution is -2.31. The Morgan fingerprint density at radius 2 is 2.10 bits per heavy atom. The summed E-state index contributed by atoms with van der Waals surface area (Å²) in [5.74, 6) is 0. The van der Waals surface area contributed by atoms with E-state index >= 15 is 0 Å². The summed E-state index contributed by atoms with van der Waals surface area (Å²) in [6.45, 7) is 2.04. The number of halogens is 1. The molecule has 0 aliphatic rings. The number of aromatic nitrogens is 3. The van der Waals surface area contributed by atoms with E-state index in [1.54, 1.807) is 43.0 Å². The zero-order chi connectivity index (χ0) is 15.0. The third-order valence-corrected chi connectivity index (χ3v) is 6.01. The van der Waals surface area contributed by atoms with Gasteiger partial charge in [0.1, 0.15) is 0 Å². The lowest BCUT2D eigenvalue weighted by molar-refractivity contribution is 0.587. The normalized spacial score (nSPS) is 11.9. The molecule has 0 saturated heterocycles. The van der Waals surface area contributed by atoms with Gasteiger partial charge in [0.2, 0.25) is 0 Å². The smallest absolute Gasteiger partial charge is 0.278 e. The average molecular weight is 343 g/mol. The van der Waals surface area contributed by atoms with Crippen LogP contribution in [0.15, 0.2) is 41.1 Å². The fourth-order valence-electron chi connectivity index (χ4n) is 2.08. The number of anilines is 1. The van der Waals surface area contributed by atoms with E-state index in [1.165, 1.54) is 20.0 Å². The summed E-state index contributed by atoms with van der Waals surface area (Å²) in [5, 5.41) is 1.73. The maximum absolute atomic E-state index is 12.9. The maximum Gasteiger partial charge on any atom is 0.283 e. The number of pyridine rings is 1. The van der Waals surface area contributed by atoms with E-state index < -0.39 is 10.0 Å². The minimum absolute atomic E-state index is 0.0147. The summed E-state index contributed by atoms with van der Waals surface area (Å²) in [6.07, 6.45) is 4.74. The molecule has 9 heteroatoms. The van der Waals surface area contributed by atoms with Crippen molar-refractivity contribution < 1.29 is 8.42 Å². The summed E-state index contributed by atoms with van der Waals surface area (Å²) in [6, 6.07) is 3.28. The Morgan fingerprint density at radius 1 is 1.38 bits per heavy atom. The van der Waals surface area contributed by atoms with E-state index in [0.29, 0.717) is 10.6 Å². The van der Waals surface area contributed by atoms with Gasteiger partial charge in [-0.25, -0.2) is 4.98 Å². The summed E-state index contributed by atoms with van der Waals surface area (Å²) < 4.78 is 28.6. The standard InChI is InChI=1S/C12H11ClN4O2S2/c1-2-17(9-3-5-14-6-4-9)21(18,19)11-10(13)15-12-16(11)7-8-20-12/h3-8H,2H2,1H3. The second kappa shape index (κ2) is 5.28. The molecule has 110 valence electrons. The van der Waals surface area contributed by atoms with Gasteiger partial charge in [-0.3, -0.25) is 13.7 Å². The Labute approximate surface area is 130 Å². The first kappa shape index (κ1) is 14.3. The van der Waals surface area contributed by atoms with E-state index in [0.717, 1.165) is 0 Å². The first-order chi connectivity index (χ1) is 10.1. The van der Waals surface area contributed by atoms with Crippen molar-refractivity contribution in [3.63, 3.8) is 0 Å². The van der Waals surface area contributed by atoms with Gasteiger partial charge in [0, 0.05) is 30.5 Å². The SMILES string of the molecule is CCN(c1ccncc1)S(=O)(=O)c1c(Cl)nc2sccn12. The van der Waals surface area contributed by atoms with E-state index in [1.807, 2.05) is 0 Å². The number of hydrogen-bond acceptors (Lipinski definition) is 5. The van der Waals surface area contributed by atoms with Crippen molar-refractivity contribution in [3.05, 3.63) is 41.3 Å². The fraction of sp³-hybridized carbons (Fsp3) is 0.167. The molecule has 0 radical (unpaired) electrons. The number of fused-ring (bicyclic) bond motifs is 1. The fourth-order valence-corrected chi connectivity index (χ4v) is 4.96. The first-order valence-electron chi connectivity index (χ1n) is 6.09. The monoisotopic (exact) mass is 342 g/mol. The van der Waals surface area contributed by atoms with Crippen molar-refractivity contribution >= 4 is 43.6 Å². The summed E-state index contributed by atoms with van der Waals surface area (Å²) >= 11 is 7.37. The van der Waals surface area contributed by atoms with Gasteiger partial charge in [-0.1, -0.05) is 11.6 Å². The van der Waals surface area contributed by atoms with Crippen LogP contribution in [0.1, 0.15) is 6.92 Å². The highest BCUT2D eigenvalue weighted by Crippen LogP contribution is 2.30. The Hall–Kier alpha value is -1.64. The number of nitrogens with zero attached hydrogens (tertiary/aromatic N) is 4. The molecule has 0 unspecified atom stereocenters. The van der Waals surface area contributed by atoms with Crippen LogP contribution in [0.3, 0.4) is 0 Å². The van der Waals surface area contributed by atoms with Crippen molar-refractivity contribution in [1.82, 2.24) is 14.4 Å². The molecule has 21 heavy (non-hydrogen) atoms. The number of sulfonamides is 1. The second-order valence-electron chi connectivity index (χ2n) is 4.14. The number of thiazole rings is 1. The zero-order valence-electron chi connectivity index (χ0n) is 11.0. The molecule has 0 spiro atoms. The van der Waals surface area contributed by atoms with E-state index in [2.05, 4.69) is 9.97 Å². The van der Waals surface area contributed by atoms with E-state index in [4.69, 9.17) is 11.6 Å². The quantitative estimate of drug-likeness (QED) is 0.731. The van der Waals surface area contributed by atoms with Crippen LogP contribution in [-0.2, 0) is 10.0 Å². The van der Waals surface area contributed by atoms with Gasteiger partial charge in [0.15, 0.2) is 15.1 Å². The van der Waals surface area contributed by atoms with Gasteiger partial charge in [0.05, 0.1) is 5.69 Å². The first-order valence-corrected chi connectivity index (χ1v) is 8.79. The van der Waals surface area contributed by atoms with Crippen LogP contribution >= 0.6 is 22.9 Å². The van der Waals surface area contributed by atoms with Crippen LogP contribution in [0, 0.1) is 0 Å². The van der Waals surface area contributed by atoms with Crippen LogP contribution in [0.2, 0.25) is 5.15 Å². The van der Waals surface area contributed by atoms with Crippen molar-refractivity contribution in [3.8, 4) is 0 Å². The molecule has 0 amide bonds.